The first-order valence-electron chi connectivity index (χ1n) is 7.59. The zero-order valence-electron chi connectivity index (χ0n) is 14.4. The van der Waals surface area contributed by atoms with Gasteiger partial charge in [0.05, 0.1) is 11.4 Å². The lowest BCUT2D eigenvalue weighted by molar-refractivity contribution is -0.117. The molecule has 5 nitrogen and oxygen atoms in total. The Morgan fingerprint density at radius 3 is 2.64 bits per heavy atom. The van der Waals surface area contributed by atoms with Crippen molar-refractivity contribution in [2.24, 2.45) is 0 Å². The standard InChI is InChI=1S/C17H20F2N2O3S/c1-16(2,9-22)12-8-13(21-24-12)20-15(23)17(3,4)25-11-7-5-6-10(18)14(11)19/h5-8,22H,9H2,1-4H3,(H,20,21,23). The van der Waals surface area contributed by atoms with E-state index in [-0.39, 0.29) is 17.3 Å². The second-order valence-corrected chi connectivity index (χ2v) is 8.40. The number of nitrogens with zero attached hydrogens (tertiary/aromatic N) is 1. The van der Waals surface area contributed by atoms with Gasteiger partial charge in [-0.25, -0.2) is 8.78 Å². The van der Waals surface area contributed by atoms with E-state index in [0.29, 0.717) is 5.76 Å². The van der Waals surface area contributed by atoms with Gasteiger partial charge in [-0.05, 0) is 26.0 Å². The van der Waals surface area contributed by atoms with Crippen molar-refractivity contribution in [3.05, 3.63) is 41.7 Å². The number of aliphatic hydroxyl groups excluding tert-OH is 1. The summed E-state index contributed by atoms with van der Waals surface area (Å²) in [4.78, 5) is 12.5. The third-order valence-electron chi connectivity index (χ3n) is 3.64. The molecule has 0 aliphatic carbocycles. The van der Waals surface area contributed by atoms with Gasteiger partial charge in [0.25, 0.3) is 0 Å². The van der Waals surface area contributed by atoms with Gasteiger partial charge in [0.2, 0.25) is 5.91 Å². The molecular formula is C17H20F2N2O3S. The van der Waals surface area contributed by atoms with Crippen LogP contribution in [0, 0.1) is 11.6 Å². The Hall–Kier alpha value is -1.93. The number of rotatable bonds is 6. The van der Waals surface area contributed by atoms with Crippen LogP contribution in [0.2, 0.25) is 0 Å². The predicted octanol–water partition coefficient (Wildman–Crippen LogP) is 3.73. The summed E-state index contributed by atoms with van der Waals surface area (Å²) >= 11 is 0.905. The monoisotopic (exact) mass is 370 g/mol. The number of benzene rings is 1. The molecule has 2 aromatic rings. The largest absolute Gasteiger partial charge is 0.395 e. The normalized spacial score (nSPS) is 12.3. The molecule has 25 heavy (non-hydrogen) atoms. The lowest BCUT2D eigenvalue weighted by Gasteiger charge is -2.22. The van der Waals surface area contributed by atoms with Crippen LogP contribution in [-0.4, -0.2) is 27.5 Å². The minimum absolute atomic E-state index is 0.0439. The highest BCUT2D eigenvalue weighted by atomic mass is 32.2. The maximum Gasteiger partial charge on any atom is 0.241 e. The molecular weight excluding hydrogens is 350 g/mol. The van der Waals surface area contributed by atoms with E-state index in [2.05, 4.69) is 10.5 Å². The second-order valence-electron chi connectivity index (χ2n) is 6.74. The molecule has 0 aliphatic rings. The molecule has 0 radical (unpaired) electrons. The Morgan fingerprint density at radius 2 is 2.00 bits per heavy atom. The van der Waals surface area contributed by atoms with Gasteiger partial charge in [-0.3, -0.25) is 4.79 Å². The highest BCUT2D eigenvalue weighted by molar-refractivity contribution is 8.01. The van der Waals surface area contributed by atoms with Crippen molar-refractivity contribution in [3.63, 3.8) is 0 Å². The number of thioether (sulfide) groups is 1. The number of aromatic nitrogens is 1. The van der Waals surface area contributed by atoms with E-state index in [0.717, 1.165) is 17.8 Å². The lowest BCUT2D eigenvalue weighted by atomic mass is 9.92. The average Bonchev–Trinajstić information content (AvgIpc) is 3.01. The molecule has 0 fully saturated rings. The minimum Gasteiger partial charge on any atom is -0.395 e. The van der Waals surface area contributed by atoms with E-state index in [1.807, 2.05) is 0 Å². The third-order valence-corrected chi connectivity index (χ3v) is 4.87. The number of anilines is 1. The number of halogens is 2. The predicted molar refractivity (Wildman–Crippen MR) is 91.5 cm³/mol. The second kappa shape index (κ2) is 7.13. The minimum atomic E-state index is -1.08. The summed E-state index contributed by atoms with van der Waals surface area (Å²) in [6.07, 6.45) is 0. The molecule has 0 aliphatic heterocycles. The first kappa shape index (κ1) is 19.4. The number of carbonyl (C=O) groups excluding carboxylic acids is 1. The van der Waals surface area contributed by atoms with Gasteiger partial charge in [-0.2, -0.15) is 0 Å². The Morgan fingerprint density at radius 1 is 1.32 bits per heavy atom. The summed E-state index contributed by atoms with van der Waals surface area (Å²) in [5.41, 5.74) is -0.634. The zero-order chi connectivity index (χ0) is 18.8. The number of amides is 1. The molecule has 136 valence electrons. The first-order chi connectivity index (χ1) is 11.6. The van der Waals surface area contributed by atoms with E-state index in [1.54, 1.807) is 27.7 Å². The third kappa shape index (κ3) is 4.38. The van der Waals surface area contributed by atoms with Gasteiger partial charge in [-0.15, -0.1) is 11.8 Å². The van der Waals surface area contributed by atoms with Crippen molar-refractivity contribution in [1.29, 1.82) is 0 Å². The lowest BCUT2D eigenvalue weighted by Crippen LogP contribution is -2.34. The molecule has 0 unspecified atom stereocenters. The fraction of sp³-hybridized carbons (Fsp3) is 0.412. The van der Waals surface area contributed by atoms with Crippen LogP contribution in [0.4, 0.5) is 14.6 Å². The molecule has 0 spiro atoms. The number of aliphatic hydroxyl groups is 1. The summed E-state index contributed by atoms with van der Waals surface area (Å²) < 4.78 is 31.2. The smallest absolute Gasteiger partial charge is 0.241 e. The molecule has 0 saturated carbocycles. The molecule has 0 atom stereocenters. The summed E-state index contributed by atoms with van der Waals surface area (Å²) in [5.74, 6) is -1.78. The Labute approximate surface area is 148 Å². The van der Waals surface area contributed by atoms with Crippen molar-refractivity contribution in [2.75, 3.05) is 11.9 Å². The van der Waals surface area contributed by atoms with E-state index >= 15 is 0 Å². The molecule has 0 saturated heterocycles. The van der Waals surface area contributed by atoms with Crippen LogP contribution in [-0.2, 0) is 10.2 Å². The van der Waals surface area contributed by atoms with Crippen LogP contribution in [0.25, 0.3) is 0 Å². The van der Waals surface area contributed by atoms with Gasteiger partial charge in [0, 0.05) is 16.4 Å². The SMILES string of the molecule is CC(C)(Sc1cccc(F)c1F)C(=O)Nc1cc(C(C)(C)CO)on1. The molecule has 2 rings (SSSR count). The molecule has 1 aromatic heterocycles. The Bertz CT molecular complexity index is 775. The Balaban J connectivity index is 2.12. The van der Waals surface area contributed by atoms with Crippen molar-refractivity contribution in [3.8, 4) is 0 Å². The number of hydrogen-bond acceptors (Lipinski definition) is 5. The van der Waals surface area contributed by atoms with Crippen molar-refractivity contribution >= 4 is 23.5 Å². The highest BCUT2D eigenvalue weighted by Crippen LogP contribution is 2.36. The number of nitrogens with one attached hydrogen (secondary N) is 1. The topological polar surface area (TPSA) is 75.4 Å². The van der Waals surface area contributed by atoms with Crippen LogP contribution in [0.15, 0.2) is 33.7 Å². The summed E-state index contributed by atoms with van der Waals surface area (Å²) in [6, 6.07) is 5.34. The zero-order valence-corrected chi connectivity index (χ0v) is 15.2. The van der Waals surface area contributed by atoms with Crippen LogP contribution in [0.1, 0.15) is 33.5 Å². The van der Waals surface area contributed by atoms with Crippen molar-refractivity contribution in [1.82, 2.24) is 5.16 Å². The summed E-state index contributed by atoms with van der Waals surface area (Å²) in [7, 11) is 0. The molecule has 2 N–H and O–H groups in total. The maximum atomic E-state index is 13.8. The average molecular weight is 370 g/mol. The molecule has 1 heterocycles. The Kier molecular flexibility index (Phi) is 5.53. The van der Waals surface area contributed by atoms with E-state index in [4.69, 9.17) is 4.52 Å². The van der Waals surface area contributed by atoms with Crippen LogP contribution >= 0.6 is 11.8 Å². The summed E-state index contributed by atoms with van der Waals surface area (Å²) in [5, 5.41) is 15.7. The highest BCUT2D eigenvalue weighted by Gasteiger charge is 2.32. The number of carbonyl (C=O) groups is 1. The van der Waals surface area contributed by atoms with E-state index in [9.17, 15) is 18.7 Å². The molecule has 1 amide bonds. The molecule has 8 heteroatoms. The van der Waals surface area contributed by atoms with Crippen LogP contribution in [0.3, 0.4) is 0 Å². The fourth-order valence-corrected chi connectivity index (χ4v) is 2.91. The van der Waals surface area contributed by atoms with E-state index in [1.165, 1.54) is 18.2 Å². The fourth-order valence-electron chi connectivity index (χ4n) is 1.88. The number of hydrogen-bond donors (Lipinski definition) is 2. The van der Waals surface area contributed by atoms with Crippen LogP contribution in [0.5, 0.6) is 0 Å². The van der Waals surface area contributed by atoms with Crippen molar-refractivity contribution in [2.45, 2.75) is 42.8 Å². The first-order valence-corrected chi connectivity index (χ1v) is 8.41. The quantitative estimate of drug-likeness (QED) is 0.758. The van der Waals surface area contributed by atoms with Crippen LogP contribution < -0.4 is 5.32 Å². The van der Waals surface area contributed by atoms with Gasteiger partial charge >= 0.3 is 0 Å². The molecule has 0 bridgehead atoms. The van der Waals surface area contributed by atoms with Gasteiger partial charge in [0.15, 0.2) is 17.5 Å². The maximum absolute atomic E-state index is 13.8. The molecule has 1 aromatic carbocycles. The van der Waals surface area contributed by atoms with Gasteiger partial charge in [-0.1, -0.05) is 25.1 Å². The van der Waals surface area contributed by atoms with E-state index < -0.39 is 27.7 Å². The van der Waals surface area contributed by atoms with Crippen molar-refractivity contribution < 1.29 is 23.2 Å². The summed E-state index contributed by atoms with van der Waals surface area (Å²) in [6.45, 7) is 6.58. The van der Waals surface area contributed by atoms with Gasteiger partial charge in [0.1, 0.15) is 5.76 Å². The van der Waals surface area contributed by atoms with Gasteiger partial charge < -0.3 is 14.9 Å².